The van der Waals surface area contributed by atoms with Crippen LogP contribution in [0.4, 0.5) is 0 Å². The number of rotatable bonds is 4. The summed E-state index contributed by atoms with van der Waals surface area (Å²) in [6.07, 6.45) is 4.14. The molecule has 0 N–H and O–H groups in total. The third-order valence-corrected chi connectivity index (χ3v) is 2.35. The summed E-state index contributed by atoms with van der Waals surface area (Å²) in [7, 11) is 1.70. The highest BCUT2D eigenvalue weighted by atomic mass is 32.2. The van der Waals surface area contributed by atoms with Gasteiger partial charge in [0.15, 0.2) is 0 Å². The Morgan fingerprint density at radius 3 is 2.50 bits per heavy atom. The predicted octanol–water partition coefficient (Wildman–Crippen LogP) is 2.61. The lowest BCUT2D eigenvalue weighted by Gasteiger charge is -2.00. The van der Waals surface area contributed by atoms with Crippen molar-refractivity contribution >= 4 is 11.8 Å². The van der Waals surface area contributed by atoms with Crippen molar-refractivity contribution in [3.63, 3.8) is 0 Å². The second-order valence-corrected chi connectivity index (χ2v) is 3.31. The molecule has 1 nitrogen and oxygen atoms in total. The van der Waals surface area contributed by atoms with Gasteiger partial charge in [-0.15, -0.1) is 11.8 Å². The van der Waals surface area contributed by atoms with Crippen molar-refractivity contribution in [2.45, 2.75) is 4.90 Å². The van der Waals surface area contributed by atoms with E-state index in [1.54, 1.807) is 18.9 Å². The topological polar surface area (TPSA) is 9.23 Å². The molecule has 0 aromatic heterocycles. The zero-order valence-electron chi connectivity index (χ0n) is 7.41. The first-order chi connectivity index (χ1) is 5.86. The summed E-state index contributed by atoms with van der Waals surface area (Å²) in [6, 6.07) is 8.44. The standard InChI is InChI=1S/C10H13OS/c1-11-8-7-9-3-5-10(12-2)6-4-9/h3-7H,8H2,1-2H3. The van der Waals surface area contributed by atoms with Gasteiger partial charge in [0.25, 0.3) is 0 Å². The number of hydrogen-bond donors (Lipinski definition) is 0. The van der Waals surface area contributed by atoms with Crippen molar-refractivity contribution < 1.29 is 4.74 Å². The van der Waals surface area contributed by atoms with Gasteiger partial charge >= 0.3 is 0 Å². The van der Waals surface area contributed by atoms with Gasteiger partial charge in [0.05, 0.1) is 6.61 Å². The van der Waals surface area contributed by atoms with Crippen LogP contribution in [0.5, 0.6) is 0 Å². The van der Waals surface area contributed by atoms with Crippen molar-refractivity contribution in [3.05, 3.63) is 36.2 Å². The third-order valence-electron chi connectivity index (χ3n) is 1.60. The van der Waals surface area contributed by atoms with Crippen molar-refractivity contribution in [1.82, 2.24) is 0 Å². The van der Waals surface area contributed by atoms with Gasteiger partial charge in [-0.25, -0.2) is 0 Å². The molecule has 0 aliphatic carbocycles. The molecule has 0 saturated heterocycles. The van der Waals surface area contributed by atoms with Crippen molar-refractivity contribution in [3.8, 4) is 0 Å². The Bertz CT molecular complexity index is 218. The minimum atomic E-state index is 0.679. The Hall–Kier alpha value is -0.470. The smallest absolute Gasteiger partial charge is 0.0537 e. The molecule has 2 heteroatoms. The van der Waals surface area contributed by atoms with E-state index in [4.69, 9.17) is 4.74 Å². The predicted molar refractivity (Wildman–Crippen MR) is 53.5 cm³/mol. The monoisotopic (exact) mass is 181 g/mol. The van der Waals surface area contributed by atoms with E-state index in [-0.39, 0.29) is 0 Å². The Morgan fingerprint density at radius 2 is 2.00 bits per heavy atom. The normalized spacial score (nSPS) is 10.2. The summed E-state index contributed by atoms with van der Waals surface area (Å²) in [5.41, 5.74) is 1.22. The second kappa shape index (κ2) is 5.22. The van der Waals surface area contributed by atoms with Gasteiger partial charge in [-0.05, 0) is 24.0 Å². The Balaban J connectivity index is 2.53. The van der Waals surface area contributed by atoms with Crippen molar-refractivity contribution in [2.75, 3.05) is 20.0 Å². The van der Waals surface area contributed by atoms with Crippen LogP contribution in [0.25, 0.3) is 0 Å². The van der Waals surface area contributed by atoms with Crippen LogP contribution in [0.2, 0.25) is 0 Å². The van der Waals surface area contributed by atoms with Crippen molar-refractivity contribution in [1.29, 1.82) is 0 Å². The van der Waals surface area contributed by atoms with Crippen LogP contribution in [-0.4, -0.2) is 20.0 Å². The highest BCUT2D eigenvalue weighted by Gasteiger charge is 1.93. The van der Waals surface area contributed by atoms with E-state index in [9.17, 15) is 0 Å². The quantitative estimate of drug-likeness (QED) is 0.660. The molecule has 1 rings (SSSR count). The SMILES string of the molecule is COC[CH]c1ccc(SC)cc1. The van der Waals surface area contributed by atoms with E-state index in [2.05, 4.69) is 36.9 Å². The van der Waals surface area contributed by atoms with E-state index >= 15 is 0 Å². The summed E-state index contributed by atoms with van der Waals surface area (Å²) in [5, 5.41) is 0. The van der Waals surface area contributed by atoms with Gasteiger partial charge < -0.3 is 4.74 Å². The molecule has 0 unspecified atom stereocenters. The molecule has 1 aromatic rings. The number of methoxy groups -OCH3 is 1. The summed E-state index contributed by atoms with van der Waals surface area (Å²) < 4.78 is 4.94. The minimum absolute atomic E-state index is 0.679. The molecule has 65 valence electrons. The molecule has 12 heavy (non-hydrogen) atoms. The molecule has 0 aliphatic rings. The second-order valence-electron chi connectivity index (χ2n) is 2.43. The summed E-state index contributed by atoms with van der Waals surface area (Å²) >= 11 is 1.76. The van der Waals surface area contributed by atoms with E-state index in [1.807, 2.05) is 0 Å². The third kappa shape index (κ3) is 2.88. The van der Waals surface area contributed by atoms with E-state index in [1.165, 1.54) is 10.5 Å². The molecular weight excluding hydrogens is 168 g/mol. The van der Waals surface area contributed by atoms with E-state index < -0.39 is 0 Å². The molecule has 0 atom stereocenters. The number of hydrogen-bond acceptors (Lipinski definition) is 2. The molecule has 1 aromatic carbocycles. The van der Waals surface area contributed by atoms with Crippen LogP contribution < -0.4 is 0 Å². The average molecular weight is 181 g/mol. The van der Waals surface area contributed by atoms with Gasteiger partial charge in [0, 0.05) is 18.4 Å². The average Bonchev–Trinajstić information content (AvgIpc) is 2.15. The van der Waals surface area contributed by atoms with Gasteiger partial charge in [-0.3, -0.25) is 0 Å². The van der Waals surface area contributed by atoms with Gasteiger partial charge in [0.2, 0.25) is 0 Å². The number of benzene rings is 1. The van der Waals surface area contributed by atoms with Gasteiger partial charge in [0.1, 0.15) is 0 Å². The summed E-state index contributed by atoms with van der Waals surface area (Å²) in [5.74, 6) is 0. The highest BCUT2D eigenvalue weighted by Crippen LogP contribution is 2.15. The zero-order valence-corrected chi connectivity index (χ0v) is 8.23. The zero-order chi connectivity index (χ0) is 8.81. The van der Waals surface area contributed by atoms with E-state index in [0.29, 0.717) is 6.61 Å². The van der Waals surface area contributed by atoms with E-state index in [0.717, 1.165) is 0 Å². The lowest BCUT2D eigenvalue weighted by atomic mass is 10.2. The first kappa shape index (κ1) is 9.62. The Morgan fingerprint density at radius 1 is 1.33 bits per heavy atom. The minimum Gasteiger partial charge on any atom is -0.384 e. The molecule has 0 saturated carbocycles. The summed E-state index contributed by atoms with van der Waals surface area (Å²) in [6.45, 7) is 0.679. The van der Waals surface area contributed by atoms with Crippen LogP contribution in [0, 0.1) is 6.42 Å². The first-order valence-electron chi connectivity index (χ1n) is 3.83. The first-order valence-corrected chi connectivity index (χ1v) is 5.05. The molecule has 0 heterocycles. The fourth-order valence-electron chi connectivity index (χ4n) is 0.920. The van der Waals surface area contributed by atoms with Crippen LogP contribution >= 0.6 is 11.8 Å². The molecule has 0 fully saturated rings. The largest absolute Gasteiger partial charge is 0.384 e. The Kier molecular flexibility index (Phi) is 4.19. The molecule has 0 aliphatic heterocycles. The fourth-order valence-corrected chi connectivity index (χ4v) is 1.33. The Labute approximate surface area is 78.1 Å². The molecule has 1 radical (unpaired) electrons. The maximum absolute atomic E-state index is 4.94. The maximum Gasteiger partial charge on any atom is 0.0537 e. The molecule has 0 spiro atoms. The maximum atomic E-state index is 4.94. The van der Waals surface area contributed by atoms with Crippen LogP contribution in [0.1, 0.15) is 5.56 Å². The molecule has 0 amide bonds. The highest BCUT2D eigenvalue weighted by molar-refractivity contribution is 7.98. The lowest BCUT2D eigenvalue weighted by molar-refractivity contribution is 0.225. The molecular formula is C10H13OS. The summed E-state index contributed by atoms with van der Waals surface area (Å²) in [4.78, 5) is 1.30. The van der Waals surface area contributed by atoms with Crippen molar-refractivity contribution in [2.24, 2.45) is 0 Å². The van der Waals surface area contributed by atoms with Crippen LogP contribution in [-0.2, 0) is 4.74 Å². The number of thioether (sulfide) groups is 1. The van der Waals surface area contributed by atoms with Gasteiger partial charge in [-0.1, -0.05) is 12.1 Å². The van der Waals surface area contributed by atoms with Crippen LogP contribution in [0.15, 0.2) is 29.2 Å². The van der Waals surface area contributed by atoms with Crippen LogP contribution in [0.3, 0.4) is 0 Å². The lowest BCUT2D eigenvalue weighted by Crippen LogP contribution is -1.90. The number of ether oxygens (including phenoxy) is 1. The molecule has 0 bridgehead atoms. The fraction of sp³-hybridized carbons (Fsp3) is 0.300. The van der Waals surface area contributed by atoms with Gasteiger partial charge in [-0.2, -0.15) is 0 Å².